The van der Waals surface area contributed by atoms with Gasteiger partial charge in [-0.15, -0.1) is 6.42 Å². The molecule has 1 rings (SSSR count). The van der Waals surface area contributed by atoms with Gasteiger partial charge >= 0.3 is 0 Å². The van der Waals surface area contributed by atoms with Crippen molar-refractivity contribution in [1.82, 2.24) is 0 Å². The van der Waals surface area contributed by atoms with Crippen molar-refractivity contribution in [2.24, 2.45) is 10.7 Å². The molecular formula is C12H15N3. The zero-order valence-corrected chi connectivity index (χ0v) is 8.99. The number of hydrogen-bond donors (Lipinski definition) is 2. The lowest BCUT2D eigenvalue weighted by Gasteiger charge is -2.13. The normalized spacial score (nSPS) is 11.9. The lowest BCUT2D eigenvalue weighted by molar-refractivity contribution is 0.683. The van der Waals surface area contributed by atoms with Crippen LogP contribution in [0.15, 0.2) is 35.3 Å². The zero-order valence-electron chi connectivity index (χ0n) is 8.99. The van der Waals surface area contributed by atoms with Crippen LogP contribution in [0.25, 0.3) is 0 Å². The van der Waals surface area contributed by atoms with Crippen LogP contribution >= 0.6 is 0 Å². The maximum atomic E-state index is 5.71. The molecule has 1 aromatic rings. The van der Waals surface area contributed by atoms with Crippen molar-refractivity contribution in [1.29, 1.82) is 0 Å². The van der Waals surface area contributed by atoms with E-state index in [1.807, 2.05) is 44.2 Å². The molecule has 0 aliphatic carbocycles. The van der Waals surface area contributed by atoms with Crippen LogP contribution in [0.2, 0.25) is 0 Å². The first kappa shape index (κ1) is 11.1. The Morgan fingerprint density at radius 3 is 2.53 bits per heavy atom. The average molecular weight is 201 g/mol. The van der Waals surface area contributed by atoms with Crippen LogP contribution in [0, 0.1) is 12.3 Å². The van der Waals surface area contributed by atoms with Gasteiger partial charge in [-0.05, 0) is 26.0 Å². The molecular weight excluding hydrogens is 186 g/mol. The second-order valence-electron chi connectivity index (χ2n) is 3.69. The van der Waals surface area contributed by atoms with Crippen LogP contribution in [0.5, 0.6) is 0 Å². The van der Waals surface area contributed by atoms with Crippen molar-refractivity contribution in [3.05, 3.63) is 30.3 Å². The minimum Gasteiger partial charge on any atom is -0.370 e. The predicted octanol–water partition coefficient (Wildman–Crippen LogP) is 1.83. The predicted molar refractivity (Wildman–Crippen MR) is 64.6 cm³/mol. The summed E-state index contributed by atoms with van der Waals surface area (Å²) in [6, 6.07) is 9.59. The van der Waals surface area contributed by atoms with Crippen LogP contribution in [0.1, 0.15) is 13.8 Å². The number of nitrogens with two attached hydrogens (primary N) is 1. The third-order valence-corrected chi connectivity index (χ3v) is 1.80. The summed E-state index contributed by atoms with van der Waals surface area (Å²) in [6.07, 6.45) is 5.31. The van der Waals surface area contributed by atoms with E-state index in [1.54, 1.807) is 0 Å². The van der Waals surface area contributed by atoms with E-state index in [1.165, 1.54) is 0 Å². The van der Waals surface area contributed by atoms with Gasteiger partial charge in [0.25, 0.3) is 0 Å². The summed E-state index contributed by atoms with van der Waals surface area (Å²) in [5, 5.41) is 2.96. The number of benzene rings is 1. The fraction of sp³-hybridized carbons (Fsp3) is 0.250. The van der Waals surface area contributed by atoms with Gasteiger partial charge in [-0.3, -0.25) is 0 Å². The van der Waals surface area contributed by atoms with E-state index in [0.717, 1.165) is 5.69 Å². The first-order valence-electron chi connectivity index (χ1n) is 4.69. The van der Waals surface area contributed by atoms with E-state index < -0.39 is 5.54 Å². The van der Waals surface area contributed by atoms with Gasteiger partial charge in [-0.25, -0.2) is 4.99 Å². The Kier molecular flexibility index (Phi) is 3.35. The van der Waals surface area contributed by atoms with Gasteiger partial charge in [0.15, 0.2) is 5.96 Å². The Morgan fingerprint density at radius 2 is 2.00 bits per heavy atom. The first-order valence-corrected chi connectivity index (χ1v) is 4.69. The minimum absolute atomic E-state index is 0.323. The molecule has 3 heteroatoms. The molecule has 78 valence electrons. The number of rotatable bonds is 2. The monoisotopic (exact) mass is 201 g/mol. The molecule has 15 heavy (non-hydrogen) atoms. The fourth-order valence-electron chi connectivity index (χ4n) is 1.03. The number of para-hydroxylation sites is 1. The van der Waals surface area contributed by atoms with Gasteiger partial charge in [0.2, 0.25) is 0 Å². The van der Waals surface area contributed by atoms with Crippen LogP contribution < -0.4 is 11.1 Å². The molecule has 0 atom stereocenters. The molecule has 1 aromatic carbocycles. The molecule has 0 spiro atoms. The van der Waals surface area contributed by atoms with E-state index in [9.17, 15) is 0 Å². The van der Waals surface area contributed by atoms with Gasteiger partial charge < -0.3 is 11.1 Å². The van der Waals surface area contributed by atoms with Crippen LogP contribution in [0.4, 0.5) is 5.69 Å². The maximum Gasteiger partial charge on any atom is 0.194 e. The number of hydrogen-bond acceptors (Lipinski definition) is 1. The largest absolute Gasteiger partial charge is 0.370 e. The van der Waals surface area contributed by atoms with Gasteiger partial charge in [-0.1, -0.05) is 24.1 Å². The number of anilines is 1. The summed E-state index contributed by atoms with van der Waals surface area (Å²) >= 11 is 0. The Hall–Kier alpha value is -1.95. The van der Waals surface area contributed by atoms with Crippen molar-refractivity contribution in [3.63, 3.8) is 0 Å². The highest BCUT2D eigenvalue weighted by Gasteiger charge is 2.11. The summed E-state index contributed by atoms with van der Waals surface area (Å²) in [5.74, 6) is 2.87. The van der Waals surface area contributed by atoms with Crippen molar-refractivity contribution in [2.75, 3.05) is 5.32 Å². The number of terminal acetylenes is 1. The Balaban J connectivity index is 2.73. The quantitative estimate of drug-likeness (QED) is 0.435. The van der Waals surface area contributed by atoms with Gasteiger partial charge in [0.1, 0.15) is 5.54 Å². The van der Waals surface area contributed by atoms with Crippen molar-refractivity contribution in [2.45, 2.75) is 19.4 Å². The van der Waals surface area contributed by atoms with Crippen LogP contribution in [-0.2, 0) is 0 Å². The number of aliphatic imine (C=N–C) groups is 1. The molecule has 0 aliphatic rings. The molecule has 0 radical (unpaired) electrons. The highest BCUT2D eigenvalue weighted by atomic mass is 15.1. The molecule has 0 amide bonds. The highest BCUT2D eigenvalue weighted by molar-refractivity contribution is 5.92. The average Bonchev–Trinajstić information content (AvgIpc) is 2.18. The van der Waals surface area contributed by atoms with Crippen LogP contribution in [-0.4, -0.2) is 11.5 Å². The Bertz CT molecular complexity index is 385. The SMILES string of the molecule is C#CC(C)(C)N=C(N)Nc1ccccc1. The summed E-state index contributed by atoms with van der Waals surface area (Å²) in [4.78, 5) is 4.17. The van der Waals surface area contributed by atoms with E-state index >= 15 is 0 Å². The lowest BCUT2D eigenvalue weighted by Crippen LogP contribution is -2.28. The molecule has 0 fully saturated rings. The van der Waals surface area contributed by atoms with Gasteiger partial charge in [0, 0.05) is 5.69 Å². The first-order chi connectivity index (χ1) is 7.03. The number of nitrogens with one attached hydrogen (secondary N) is 1. The molecule has 0 unspecified atom stereocenters. The molecule has 3 N–H and O–H groups in total. The molecule has 0 heterocycles. The summed E-state index contributed by atoms with van der Waals surface area (Å²) in [6.45, 7) is 3.65. The molecule has 0 bridgehead atoms. The second kappa shape index (κ2) is 4.52. The number of nitrogens with zero attached hydrogens (tertiary/aromatic N) is 1. The van der Waals surface area contributed by atoms with Crippen molar-refractivity contribution >= 4 is 11.6 Å². The molecule has 3 nitrogen and oxygen atoms in total. The van der Waals surface area contributed by atoms with Crippen molar-refractivity contribution in [3.8, 4) is 12.3 Å². The smallest absolute Gasteiger partial charge is 0.194 e. The Labute approximate surface area is 90.4 Å². The van der Waals surface area contributed by atoms with Crippen molar-refractivity contribution < 1.29 is 0 Å². The third-order valence-electron chi connectivity index (χ3n) is 1.80. The summed E-state index contributed by atoms with van der Waals surface area (Å²) < 4.78 is 0. The van der Waals surface area contributed by atoms with E-state index in [-0.39, 0.29) is 0 Å². The molecule has 0 aliphatic heterocycles. The second-order valence-corrected chi connectivity index (χ2v) is 3.69. The van der Waals surface area contributed by atoms with Gasteiger partial charge in [0.05, 0.1) is 0 Å². The molecule has 0 saturated carbocycles. The van der Waals surface area contributed by atoms with E-state index in [4.69, 9.17) is 12.2 Å². The van der Waals surface area contributed by atoms with E-state index in [2.05, 4.69) is 16.2 Å². The third kappa shape index (κ3) is 3.74. The van der Waals surface area contributed by atoms with Crippen LogP contribution in [0.3, 0.4) is 0 Å². The minimum atomic E-state index is -0.578. The number of guanidine groups is 1. The molecule has 0 saturated heterocycles. The maximum absolute atomic E-state index is 5.71. The Morgan fingerprint density at radius 1 is 1.40 bits per heavy atom. The lowest BCUT2D eigenvalue weighted by atomic mass is 10.1. The van der Waals surface area contributed by atoms with Gasteiger partial charge in [-0.2, -0.15) is 0 Å². The topological polar surface area (TPSA) is 50.4 Å². The fourth-order valence-corrected chi connectivity index (χ4v) is 1.03. The summed E-state index contributed by atoms with van der Waals surface area (Å²) in [5.41, 5.74) is 6.03. The van der Waals surface area contributed by atoms with E-state index in [0.29, 0.717) is 5.96 Å². The molecule has 0 aromatic heterocycles. The zero-order chi connectivity index (χ0) is 11.3. The summed E-state index contributed by atoms with van der Waals surface area (Å²) in [7, 11) is 0. The highest BCUT2D eigenvalue weighted by Crippen LogP contribution is 2.08. The standard InChI is InChI=1S/C12H15N3/c1-4-12(2,3)15-11(13)14-10-8-6-5-7-9-10/h1,5-9H,2-3H3,(H3,13,14,15).